The van der Waals surface area contributed by atoms with Gasteiger partial charge in [-0.1, -0.05) is 23.3 Å². The molecule has 3 heteroatoms. The van der Waals surface area contributed by atoms with E-state index in [0.29, 0.717) is 3.67 Å². The smallest absolute Gasteiger partial charge is 0.346 e. The Kier molecular flexibility index (Phi) is 4.46. The SMILES string of the molecule is C=C[CH]([Mg][Cl])[Si](C)(C)C. The maximum Gasteiger partial charge on any atom is 0.505 e. The first-order valence-electron chi connectivity index (χ1n) is 3.21. The van der Waals surface area contributed by atoms with Gasteiger partial charge in [-0.3, -0.25) is 0 Å². The molecular formula is C6H13ClMgSi. The van der Waals surface area contributed by atoms with Gasteiger partial charge in [0.2, 0.25) is 0 Å². The zero-order valence-corrected chi connectivity index (χ0v) is 9.62. The first-order chi connectivity index (χ1) is 4.02. The molecule has 1 unspecified atom stereocenters. The Bertz CT molecular complexity index is 97.7. The molecule has 0 fully saturated rings. The number of hydrogen-bond donors (Lipinski definition) is 0. The summed E-state index contributed by atoms with van der Waals surface area (Å²) in [5.41, 5.74) is 0. The van der Waals surface area contributed by atoms with Gasteiger partial charge in [-0.15, -0.1) is 12.7 Å². The number of allylic oxidation sites excluding steroid dienone is 1. The van der Waals surface area contributed by atoms with Crippen molar-refractivity contribution < 1.29 is 0 Å². The van der Waals surface area contributed by atoms with E-state index in [0.717, 1.165) is 0 Å². The highest BCUT2D eigenvalue weighted by atomic mass is 35.5. The fourth-order valence-corrected chi connectivity index (χ4v) is 7.88. The summed E-state index contributed by atoms with van der Waals surface area (Å²) in [6.45, 7) is 10.8. The van der Waals surface area contributed by atoms with E-state index >= 15 is 0 Å². The molecule has 0 radical (unpaired) electrons. The predicted octanol–water partition coefficient (Wildman–Crippen LogP) is 2.70. The van der Waals surface area contributed by atoms with Crippen LogP contribution in [0.4, 0.5) is 0 Å². The fourth-order valence-electron chi connectivity index (χ4n) is 0.648. The molecule has 0 saturated heterocycles. The number of hydrogen-bond acceptors (Lipinski definition) is 0. The van der Waals surface area contributed by atoms with E-state index in [4.69, 9.17) is 9.07 Å². The Labute approximate surface area is 72.2 Å². The van der Waals surface area contributed by atoms with Crippen LogP contribution in [-0.4, -0.2) is 27.3 Å². The molecule has 1 atom stereocenters. The normalized spacial score (nSPS) is 14.2. The van der Waals surface area contributed by atoms with Gasteiger partial charge in [0, 0.05) is 8.07 Å². The summed E-state index contributed by atoms with van der Waals surface area (Å²) < 4.78 is 0.708. The molecule has 0 rings (SSSR count). The molecule has 0 aliphatic carbocycles. The highest BCUT2D eigenvalue weighted by Crippen LogP contribution is 2.21. The van der Waals surface area contributed by atoms with Gasteiger partial charge in [-0.05, 0) is 0 Å². The van der Waals surface area contributed by atoms with Crippen LogP contribution in [-0.2, 0) is 0 Å². The quantitative estimate of drug-likeness (QED) is 0.454. The van der Waals surface area contributed by atoms with E-state index in [-0.39, 0.29) is 19.3 Å². The van der Waals surface area contributed by atoms with Crippen molar-refractivity contribution in [1.29, 1.82) is 0 Å². The molecule has 0 nitrogen and oxygen atoms in total. The van der Waals surface area contributed by atoms with E-state index in [1.54, 1.807) is 0 Å². The zero-order valence-electron chi connectivity index (χ0n) is 6.45. The minimum atomic E-state index is -0.975. The van der Waals surface area contributed by atoms with Crippen molar-refractivity contribution >= 4 is 36.4 Å². The summed E-state index contributed by atoms with van der Waals surface area (Å²) in [7, 11) is 4.88. The van der Waals surface area contributed by atoms with Crippen molar-refractivity contribution in [3.63, 3.8) is 0 Å². The van der Waals surface area contributed by atoms with Crippen molar-refractivity contribution in [2.45, 2.75) is 23.3 Å². The minimum absolute atomic E-state index is 0.360. The maximum absolute atomic E-state index is 5.85. The second-order valence-electron chi connectivity index (χ2n) is 3.36. The van der Waals surface area contributed by atoms with Crippen LogP contribution in [0.15, 0.2) is 12.7 Å². The second-order valence-corrected chi connectivity index (χ2v) is 11.8. The monoisotopic (exact) mass is 172 g/mol. The van der Waals surface area contributed by atoms with Crippen molar-refractivity contribution in [2.75, 3.05) is 0 Å². The minimum Gasteiger partial charge on any atom is -0.346 e. The Hall–Kier alpha value is 1.01. The van der Waals surface area contributed by atoms with E-state index in [2.05, 4.69) is 26.2 Å². The van der Waals surface area contributed by atoms with Crippen LogP contribution in [0, 0.1) is 0 Å². The summed E-state index contributed by atoms with van der Waals surface area (Å²) in [4.78, 5) is 0. The highest BCUT2D eigenvalue weighted by molar-refractivity contribution is 7.03. The lowest BCUT2D eigenvalue weighted by Crippen LogP contribution is -2.28. The molecule has 0 amide bonds. The lowest BCUT2D eigenvalue weighted by molar-refractivity contribution is 1.41. The molecule has 0 N–H and O–H groups in total. The Morgan fingerprint density at radius 3 is 2.00 bits per heavy atom. The second kappa shape index (κ2) is 4.01. The molecule has 0 aromatic rings. The molecular weight excluding hydrogens is 160 g/mol. The summed E-state index contributed by atoms with van der Waals surface area (Å²) in [6, 6.07) is 0. The lowest BCUT2D eigenvalue weighted by Gasteiger charge is -2.23. The van der Waals surface area contributed by atoms with Gasteiger partial charge in [0.15, 0.2) is 0 Å². The average molecular weight is 173 g/mol. The molecule has 0 aliphatic rings. The molecule has 0 aliphatic heterocycles. The third-order valence-corrected chi connectivity index (χ3v) is 10.7. The molecule has 50 valence electrons. The Morgan fingerprint density at radius 1 is 1.56 bits per heavy atom. The van der Waals surface area contributed by atoms with E-state index < -0.39 is 8.07 Å². The molecule has 0 heterocycles. The summed E-state index contributed by atoms with van der Waals surface area (Å²) in [6.07, 6.45) is 2.05. The predicted molar refractivity (Wildman–Crippen MR) is 48.9 cm³/mol. The molecule has 0 bridgehead atoms. The van der Waals surface area contributed by atoms with Crippen LogP contribution >= 0.6 is 9.07 Å². The third-order valence-electron chi connectivity index (χ3n) is 1.56. The van der Waals surface area contributed by atoms with E-state index in [1.807, 2.05) is 6.08 Å². The molecule has 0 saturated carbocycles. The standard InChI is InChI=1S/C6H13Si.ClH.Mg/c1-5-6-7(2,3)4;;/h5-6H,1H2,2-4H3;1H;/q;;+1/p-1. The van der Waals surface area contributed by atoms with Crippen molar-refractivity contribution in [3.05, 3.63) is 12.7 Å². The first-order valence-corrected chi connectivity index (χ1v) is 9.74. The summed E-state index contributed by atoms with van der Waals surface area (Å²) >= 11 is -0.360. The summed E-state index contributed by atoms with van der Waals surface area (Å²) in [5.74, 6) is 0. The van der Waals surface area contributed by atoms with Crippen molar-refractivity contribution in [2.24, 2.45) is 0 Å². The van der Waals surface area contributed by atoms with Crippen LogP contribution in [0.25, 0.3) is 0 Å². The average Bonchev–Trinajstić information content (AvgIpc) is 1.65. The van der Waals surface area contributed by atoms with Crippen LogP contribution in [0.2, 0.25) is 23.3 Å². The van der Waals surface area contributed by atoms with Crippen molar-refractivity contribution in [1.82, 2.24) is 0 Å². The van der Waals surface area contributed by atoms with Crippen molar-refractivity contribution in [3.8, 4) is 0 Å². The van der Waals surface area contributed by atoms with Gasteiger partial charge in [0.05, 0.1) is 0 Å². The lowest BCUT2D eigenvalue weighted by atomic mass is 10.7. The van der Waals surface area contributed by atoms with E-state index in [1.165, 1.54) is 0 Å². The van der Waals surface area contributed by atoms with Crippen LogP contribution in [0.1, 0.15) is 0 Å². The molecule has 0 spiro atoms. The maximum atomic E-state index is 5.85. The number of rotatable bonds is 3. The van der Waals surface area contributed by atoms with Gasteiger partial charge in [-0.2, -0.15) is 0 Å². The third kappa shape index (κ3) is 3.65. The molecule has 0 aromatic heterocycles. The van der Waals surface area contributed by atoms with Gasteiger partial charge in [0.1, 0.15) is 0 Å². The van der Waals surface area contributed by atoms with Crippen LogP contribution < -0.4 is 0 Å². The van der Waals surface area contributed by atoms with Gasteiger partial charge < -0.3 is 9.07 Å². The van der Waals surface area contributed by atoms with Gasteiger partial charge in [0.25, 0.3) is 0 Å². The zero-order chi connectivity index (χ0) is 7.49. The summed E-state index contributed by atoms with van der Waals surface area (Å²) in [5, 5.41) is 0. The number of halogens is 1. The molecule has 9 heavy (non-hydrogen) atoms. The highest BCUT2D eigenvalue weighted by Gasteiger charge is 2.23. The topological polar surface area (TPSA) is 0 Å². The van der Waals surface area contributed by atoms with E-state index in [9.17, 15) is 0 Å². The van der Waals surface area contributed by atoms with Crippen LogP contribution in [0.3, 0.4) is 0 Å². The largest absolute Gasteiger partial charge is 0.505 e. The fraction of sp³-hybridized carbons (Fsp3) is 0.667. The first kappa shape index (κ1) is 10.0. The van der Waals surface area contributed by atoms with Gasteiger partial charge in [-0.25, -0.2) is 0 Å². The Morgan fingerprint density at radius 2 is 2.00 bits per heavy atom. The van der Waals surface area contributed by atoms with Gasteiger partial charge >= 0.3 is 19.3 Å². The molecule has 0 aromatic carbocycles. The van der Waals surface area contributed by atoms with Crippen LogP contribution in [0.5, 0.6) is 0 Å². The Balaban J connectivity index is 3.94.